The number of benzene rings is 2. The highest BCUT2D eigenvalue weighted by atomic mass is 16.6. The molecule has 0 saturated heterocycles. The van der Waals surface area contributed by atoms with Gasteiger partial charge in [-0.25, -0.2) is 4.79 Å². The van der Waals surface area contributed by atoms with E-state index in [4.69, 9.17) is 14.2 Å². The molecule has 0 bridgehead atoms. The monoisotopic (exact) mass is 428 g/mol. The molecular formula is C24H32N2O5. The third kappa shape index (κ3) is 7.94. The van der Waals surface area contributed by atoms with E-state index in [1.807, 2.05) is 43.3 Å². The van der Waals surface area contributed by atoms with Crippen LogP contribution in [0.1, 0.15) is 38.8 Å². The van der Waals surface area contributed by atoms with Crippen molar-refractivity contribution in [3.63, 3.8) is 0 Å². The van der Waals surface area contributed by atoms with Gasteiger partial charge in [0.25, 0.3) is 0 Å². The van der Waals surface area contributed by atoms with Gasteiger partial charge in [-0.1, -0.05) is 36.4 Å². The van der Waals surface area contributed by atoms with Crippen molar-refractivity contribution in [1.82, 2.24) is 5.32 Å². The van der Waals surface area contributed by atoms with Gasteiger partial charge in [0.05, 0.1) is 25.5 Å². The summed E-state index contributed by atoms with van der Waals surface area (Å²) < 4.78 is 16.6. The summed E-state index contributed by atoms with van der Waals surface area (Å²) >= 11 is 0. The Labute approximate surface area is 184 Å². The summed E-state index contributed by atoms with van der Waals surface area (Å²) in [6.45, 7) is 9.22. The van der Waals surface area contributed by atoms with Crippen molar-refractivity contribution in [2.45, 2.75) is 59.0 Å². The Balaban J connectivity index is 2.18. The van der Waals surface area contributed by atoms with E-state index in [0.717, 1.165) is 11.1 Å². The van der Waals surface area contributed by atoms with Crippen molar-refractivity contribution in [2.24, 2.45) is 0 Å². The third-order valence-corrected chi connectivity index (χ3v) is 4.39. The van der Waals surface area contributed by atoms with Crippen molar-refractivity contribution >= 4 is 17.7 Å². The lowest BCUT2D eigenvalue weighted by atomic mass is 10.1. The number of hydrogen-bond acceptors (Lipinski definition) is 5. The normalized spacial score (nSPS) is 13.1. The fourth-order valence-corrected chi connectivity index (χ4v) is 2.86. The molecule has 0 aromatic heterocycles. The standard InChI is InChI=1S/C24H32N2O5/c1-16-12-13-20(29-6)19(14-16)25-22(27)21(26-23(28)31-24(3,4)5)17(2)30-15-18-10-8-7-9-11-18/h7-14,17,21H,15H2,1-6H3,(H,25,27)(H,26,28)/t17-,21+/m0/s1. The summed E-state index contributed by atoms with van der Waals surface area (Å²) in [6, 6.07) is 14.1. The Hall–Kier alpha value is -3.06. The zero-order valence-corrected chi connectivity index (χ0v) is 19.0. The quantitative estimate of drug-likeness (QED) is 0.649. The third-order valence-electron chi connectivity index (χ3n) is 4.39. The van der Waals surface area contributed by atoms with Crippen LogP contribution in [0.25, 0.3) is 0 Å². The molecule has 0 fully saturated rings. The molecule has 2 aromatic rings. The number of hydrogen-bond donors (Lipinski definition) is 2. The highest BCUT2D eigenvalue weighted by molar-refractivity contribution is 5.98. The van der Waals surface area contributed by atoms with Gasteiger partial charge < -0.3 is 24.8 Å². The molecule has 2 N–H and O–H groups in total. The summed E-state index contributed by atoms with van der Waals surface area (Å²) in [4.78, 5) is 25.5. The Morgan fingerprint density at radius 1 is 1.06 bits per heavy atom. The van der Waals surface area contributed by atoms with E-state index in [1.165, 1.54) is 7.11 Å². The van der Waals surface area contributed by atoms with E-state index in [1.54, 1.807) is 39.8 Å². The number of ether oxygens (including phenoxy) is 3. The molecule has 2 aromatic carbocycles. The van der Waals surface area contributed by atoms with Crippen LogP contribution in [0.5, 0.6) is 5.75 Å². The van der Waals surface area contributed by atoms with Crippen LogP contribution in [-0.4, -0.2) is 36.9 Å². The van der Waals surface area contributed by atoms with Crippen molar-refractivity contribution in [3.8, 4) is 5.75 Å². The Kier molecular flexibility index (Phi) is 8.45. The lowest BCUT2D eigenvalue weighted by Gasteiger charge is -2.27. The van der Waals surface area contributed by atoms with Gasteiger partial charge in [-0.3, -0.25) is 4.79 Å². The van der Waals surface area contributed by atoms with Crippen molar-refractivity contribution < 1.29 is 23.8 Å². The molecule has 0 radical (unpaired) electrons. The van der Waals surface area contributed by atoms with Crippen LogP contribution < -0.4 is 15.4 Å². The van der Waals surface area contributed by atoms with E-state index >= 15 is 0 Å². The van der Waals surface area contributed by atoms with Crippen LogP contribution in [0.15, 0.2) is 48.5 Å². The van der Waals surface area contributed by atoms with Crippen LogP contribution in [0.3, 0.4) is 0 Å². The van der Waals surface area contributed by atoms with Crippen LogP contribution in [-0.2, 0) is 20.9 Å². The van der Waals surface area contributed by atoms with Gasteiger partial charge in [0, 0.05) is 0 Å². The summed E-state index contributed by atoms with van der Waals surface area (Å²) in [7, 11) is 1.53. The molecule has 2 rings (SSSR count). The molecule has 0 aliphatic rings. The molecule has 168 valence electrons. The molecule has 31 heavy (non-hydrogen) atoms. The maximum atomic E-state index is 13.1. The van der Waals surface area contributed by atoms with Crippen LogP contribution in [0.2, 0.25) is 0 Å². The molecule has 7 nitrogen and oxygen atoms in total. The fourth-order valence-electron chi connectivity index (χ4n) is 2.86. The van der Waals surface area contributed by atoms with Gasteiger partial charge in [0.15, 0.2) is 0 Å². The number of nitrogens with one attached hydrogen (secondary N) is 2. The SMILES string of the molecule is COc1ccc(C)cc1NC(=O)[C@H](NC(=O)OC(C)(C)C)[C@H](C)OCc1ccccc1. The van der Waals surface area contributed by atoms with E-state index in [9.17, 15) is 9.59 Å². The predicted octanol–water partition coefficient (Wildman–Crippen LogP) is 4.44. The molecule has 0 aliphatic carbocycles. The molecule has 0 unspecified atom stereocenters. The first kappa shape index (κ1) is 24.2. The number of carbonyl (C=O) groups excluding carboxylic acids is 2. The first-order chi connectivity index (χ1) is 14.6. The average Bonchev–Trinajstić information content (AvgIpc) is 2.70. The second-order valence-electron chi connectivity index (χ2n) is 8.32. The topological polar surface area (TPSA) is 85.9 Å². The summed E-state index contributed by atoms with van der Waals surface area (Å²) in [6.07, 6.45) is -1.32. The molecule has 0 heterocycles. The van der Waals surface area contributed by atoms with Crippen molar-refractivity contribution in [3.05, 3.63) is 59.7 Å². The molecule has 0 aliphatic heterocycles. The molecular weight excluding hydrogens is 396 g/mol. The van der Waals surface area contributed by atoms with E-state index in [-0.39, 0.29) is 0 Å². The smallest absolute Gasteiger partial charge is 0.408 e. The van der Waals surface area contributed by atoms with Gasteiger partial charge >= 0.3 is 6.09 Å². The van der Waals surface area contributed by atoms with Gasteiger partial charge in [-0.2, -0.15) is 0 Å². The minimum Gasteiger partial charge on any atom is -0.495 e. The van der Waals surface area contributed by atoms with Crippen LogP contribution in [0.4, 0.5) is 10.5 Å². The Morgan fingerprint density at radius 3 is 2.35 bits per heavy atom. The van der Waals surface area contributed by atoms with Gasteiger partial charge in [0.2, 0.25) is 5.91 Å². The largest absolute Gasteiger partial charge is 0.495 e. The molecule has 7 heteroatoms. The number of anilines is 1. The van der Waals surface area contributed by atoms with Crippen molar-refractivity contribution in [1.29, 1.82) is 0 Å². The van der Waals surface area contributed by atoms with Crippen molar-refractivity contribution in [2.75, 3.05) is 12.4 Å². The number of rotatable bonds is 8. The van der Waals surface area contributed by atoms with Gasteiger partial charge in [0.1, 0.15) is 17.4 Å². The second kappa shape index (κ2) is 10.8. The van der Waals surface area contributed by atoms with E-state index in [2.05, 4.69) is 10.6 Å². The van der Waals surface area contributed by atoms with Crippen LogP contribution in [0, 0.1) is 6.92 Å². The predicted molar refractivity (Wildman–Crippen MR) is 120 cm³/mol. The number of methoxy groups -OCH3 is 1. The highest BCUT2D eigenvalue weighted by Crippen LogP contribution is 2.25. The summed E-state index contributed by atoms with van der Waals surface area (Å²) in [5.74, 6) is 0.0862. The number of aryl methyl sites for hydroxylation is 1. The average molecular weight is 429 g/mol. The molecule has 2 amide bonds. The Morgan fingerprint density at radius 2 is 1.74 bits per heavy atom. The lowest BCUT2D eigenvalue weighted by Crippen LogP contribution is -2.52. The number of alkyl carbamates (subject to hydrolysis) is 1. The molecule has 0 spiro atoms. The maximum Gasteiger partial charge on any atom is 0.408 e. The zero-order chi connectivity index (χ0) is 23.0. The Bertz CT molecular complexity index is 877. The molecule has 2 atom stereocenters. The minimum absolute atomic E-state index is 0.301. The minimum atomic E-state index is -0.983. The van der Waals surface area contributed by atoms with Gasteiger partial charge in [-0.15, -0.1) is 0 Å². The lowest BCUT2D eigenvalue weighted by molar-refractivity contribution is -0.122. The highest BCUT2D eigenvalue weighted by Gasteiger charge is 2.30. The number of amides is 2. The fraction of sp³-hybridized carbons (Fsp3) is 0.417. The van der Waals surface area contributed by atoms with Crippen LogP contribution >= 0.6 is 0 Å². The number of carbonyl (C=O) groups is 2. The zero-order valence-electron chi connectivity index (χ0n) is 19.0. The van der Waals surface area contributed by atoms with Gasteiger partial charge in [-0.05, 0) is 57.9 Å². The summed E-state index contributed by atoms with van der Waals surface area (Å²) in [5.41, 5.74) is 1.74. The second-order valence-corrected chi connectivity index (χ2v) is 8.32. The van der Waals surface area contributed by atoms with E-state index < -0.39 is 29.7 Å². The summed E-state index contributed by atoms with van der Waals surface area (Å²) in [5, 5.41) is 5.48. The first-order valence-electron chi connectivity index (χ1n) is 10.2. The maximum absolute atomic E-state index is 13.1. The first-order valence-corrected chi connectivity index (χ1v) is 10.2. The molecule has 0 saturated carbocycles. The van der Waals surface area contributed by atoms with E-state index in [0.29, 0.717) is 18.0 Å².